The van der Waals surface area contributed by atoms with Crippen molar-refractivity contribution in [2.24, 2.45) is 0 Å². The average Bonchev–Trinajstić information content (AvgIpc) is 4.24. The highest BCUT2D eigenvalue weighted by molar-refractivity contribution is 7.44. The number of carbonyl (C=O) groups excluding carboxylic acids is 2. The van der Waals surface area contributed by atoms with Gasteiger partial charge < -0.3 is 37.6 Å². The second-order valence-corrected chi connectivity index (χ2v) is 21.5. The van der Waals surface area contributed by atoms with Gasteiger partial charge in [-0.3, -0.25) is 24.5 Å². The van der Waals surface area contributed by atoms with Gasteiger partial charge in [0, 0.05) is 44.4 Å². The molecule has 1 aliphatic heterocycles. The minimum atomic E-state index is -1.60. The summed E-state index contributed by atoms with van der Waals surface area (Å²) in [6.45, 7) is 11.6. The Hall–Kier alpha value is -6.98. The topological polar surface area (TPSA) is 181 Å². The molecule has 0 bridgehead atoms. The number of benzene rings is 5. The number of imidazole rings is 1. The average molecular weight is 1080 g/mol. The molecule has 1 saturated heterocycles. The Morgan fingerprint density at radius 2 is 1.41 bits per heavy atom. The van der Waals surface area contributed by atoms with Crippen molar-refractivity contribution in [3.63, 3.8) is 0 Å². The molecule has 0 saturated carbocycles. The van der Waals surface area contributed by atoms with Crippen LogP contribution in [0.25, 0.3) is 22.3 Å². The van der Waals surface area contributed by atoms with E-state index in [1.165, 1.54) is 11.2 Å². The maximum Gasteiger partial charge on any atom is 0.409 e. The highest BCUT2D eigenvalue weighted by Crippen LogP contribution is 2.51. The third-order valence-electron chi connectivity index (χ3n) is 14.2. The minimum absolute atomic E-state index is 0.0405. The maximum absolute atomic E-state index is 13.7. The smallest absolute Gasteiger partial charge is 0.409 e. The van der Waals surface area contributed by atoms with Crippen molar-refractivity contribution < 1.29 is 42.3 Å². The van der Waals surface area contributed by atoms with Crippen LogP contribution in [0.2, 0.25) is 0 Å². The van der Waals surface area contributed by atoms with Crippen molar-refractivity contribution in [3.05, 3.63) is 172 Å². The Morgan fingerprint density at radius 1 is 0.821 bits per heavy atom. The van der Waals surface area contributed by atoms with E-state index in [4.69, 9.17) is 37.7 Å². The van der Waals surface area contributed by atoms with Gasteiger partial charge in [0.25, 0.3) is 14.1 Å². The molecule has 4 atom stereocenters. The predicted molar refractivity (Wildman–Crippen MR) is 301 cm³/mol. The van der Waals surface area contributed by atoms with Gasteiger partial charge in [-0.2, -0.15) is 4.98 Å². The standard InChI is InChI=1S/C60H70N7O10P/c1-9-34-75-78(67(39(2)3)40(4)5)77-51-35-54(76-52(51)37-74-60(41-18-11-10-12-19-41,42-25-29-44(71-7)30-26-42)43-27-31-45(72-8)32-28-43)66-38-61-55-56(66)63-58(64-57(55)69)62-53(68)24-17-33-65(6)59(70)73-36-50-48-22-15-13-20-46(48)47-21-14-16-23-49(47)50/h10-16,18-23,25-32,38-40,50-52,54H,9,17,24,33-37H2,1-8H3,(H2,62,63,64,68,69)/t51?,52-,54-,78?/m1/s1. The number of aromatic nitrogens is 4. The molecule has 18 heteroatoms. The molecular formula is C60H70N7O10P. The van der Waals surface area contributed by atoms with Crippen LogP contribution in [0.1, 0.15) is 100 Å². The van der Waals surface area contributed by atoms with E-state index in [9.17, 15) is 14.4 Å². The summed E-state index contributed by atoms with van der Waals surface area (Å²) in [6.07, 6.45) is 0.524. The molecule has 1 fully saturated rings. The van der Waals surface area contributed by atoms with E-state index in [1.807, 2.05) is 103 Å². The number of hydrogen-bond acceptors (Lipinski definition) is 13. The van der Waals surface area contributed by atoms with E-state index in [-0.39, 0.29) is 61.3 Å². The molecule has 2 N–H and O–H groups in total. The molecule has 2 aromatic heterocycles. The van der Waals surface area contributed by atoms with Crippen molar-refractivity contribution in [1.82, 2.24) is 29.1 Å². The number of nitrogens with one attached hydrogen (secondary N) is 2. The monoisotopic (exact) mass is 1080 g/mol. The molecule has 410 valence electrons. The molecule has 0 spiro atoms. The molecule has 1 aliphatic carbocycles. The van der Waals surface area contributed by atoms with Crippen LogP contribution in [-0.4, -0.2) is 113 Å². The molecule has 5 aromatic carbocycles. The van der Waals surface area contributed by atoms with Crippen LogP contribution in [-0.2, 0) is 33.7 Å². The van der Waals surface area contributed by atoms with Gasteiger partial charge >= 0.3 is 6.09 Å². The van der Waals surface area contributed by atoms with Gasteiger partial charge in [0.15, 0.2) is 11.2 Å². The number of aromatic amines is 1. The number of carbonyl (C=O) groups is 2. The van der Waals surface area contributed by atoms with Gasteiger partial charge in [-0.25, -0.2) is 14.4 Å². The van der Waals surface area contributed by atoms with Crippen LogP contribution in [0.3, 0.4) is 0 Å². The summed E-state index contributed by atoms with van der Waals surface area (Å²) in [5.41, 5.74) is 5.72. The van der Waals surface area contributed by atoms with E-state index < -0.39 is 50.1 Å². The fourth-order valence-corrected chi connectivity index (χ4v) is 12.3. The lowest BCUT2D eigenvalue weighted by atomic mass is 9.80. The van der Waals surface area contributed by atoms with Gasteiger partial charge in [0.2, 0.25) is 11.9 Å². The van der Waals surface area contributed by atoms with Crippen LogP contribution < -0.4 is 20.3 Å². The molecule has 2 unspecified atom stereocenters. The summed E-state index contributed by atoms with van der Waals surface area (Å²) in [6, 6.07) is 42.3. The number of ether oxygens (including phenoxy) is 5. The fraction of sp³-hybridized carbons (Fsp3) is 0.383. The van der Waals surface area contributed by atoms with Crippen LogP contribution in [0.5, 0.6) is 11.5 Å². The summed E-state index contributed by atoms with van der Waals surface area (Å²) in [7, 11) is 3.33. The van der Waals surface area contributed by atoms with E-state index in [1.54, 1.807) is 25.8 Å². The second-order valence-electron chi connectivity index (χ2n) is 20.1. The second kappa shape index (κ2) is 25.2. The van der Waals surface area contributed by atoms with E-state index in [2.05, 4.69) is 78.8 Å². The molecule has 2 aliphatic rings. The predicted octanol–water partition coefficient (Wildman–Crippen LogP) is 11.2. The number of methoxy groups -OCH3 is 2. The third-order valence-corrected chi connectivity index (χ3v) is 16.4. The summed E-state index contributed by atoms with van der Waals surface area (Å²) < 4.78 is 49.1. The molecule has 3 heterocycles. The number of hydrogen-bond donors (Lipinski definition) is 2. The van der Waals surface area contributed by atoms with Crippen molar-refractivity contribution in [2.75, 3.05) is 52.9 Å². The first-order valence-electron chi connectivity index (χ1n) is 26.7. The molecule has 2 amide bonds. The third kappa shape index (κ3) is 12.0. The minimum Gasteiger partial charge on any atom is -0.497 e. The van der Waals surface area contributed by atoms with Gasteiger partial charge in [-0.1, -0.05) is 110 Å². The van der Waals surface area contributed by atoms with E-state index >= 15 is 0 Å². The molecule has 9 rings (SSSR count). The van der Waals surface area contributed by atoms with E-state index in [0.717, 1.165) is 45.4 Å². The summed E-state index contributed by atoms with van der Waals surface area (Å²) >= 11 is 0. The van der Waals surface area contributed by atoms with Gasteiger partial charge in [-0.05, 0) is 104 Å². The summed E-state index contributed by atoms with van der Waals surface area (Å²) in [5.74, 6) is 0.875. The first-order chi connectivity index (χ1) is 37.8. The maximum atomic E-state index is 13.7. The zero-order valence-corrected chi connectivity index (χ0v) is 46.5. The lowest BCUT2D eigenvalue weighted by Crippen LogP contribution is -2.39. The van der Waals surface area contributed by atoms with Crippen molar-refractivity contribution >= 4 is 37.6 Å². The lowest BCUT2D eigenvalue weighted by Gasteiger charge is -2.39. The summed E-state index contributed by atoms with van der Waals surface area (Å²) in [4.78, 5) is 53.6. The van der Waals surface area contributed by atoms with E-state index in [0.29, 0.717) is 30.9 Å². The molecule has 17 nitrogen and oxygen atoms in total. The van der Waals surface area contributed by atoms with Gasteiger partial charge in [0.1, 0.15) is 36.0 Å². The van der Waals surface area contributed by atoms with Crippen molar-refractivity contribution in [3.8, 4) is 22.6 Å². The van der Waals surface area contributed by atoms with Gasteiger partial charge in [-0.15, -0.1) is 0 Å². The Morgan fingerprint density at radius 3 is 2.00 bits per heavy atom. The number of H-pyrrole nitrogens is 1. The van der Waals surface area contributed by atoms with Crippen LogP contribution in [0.15, 0.2) is 139 Å². The molecule has 78 heavy (non-hydrogen) atoms. The SMILES string of the molecule is CCCOP(OC1C[C@H](n2cnc3c(=O)[nH]c(NC(=O)CCCN(C)C(=O)OCC4c5ccccc5-c5ccccc54)nc32)O[C@@H]1COC(c1ccccc1)(c1ccc(OC)cc1)c1ccc(OC)cc1)N(C(C)C)C(C)C. The Bertz CT molecular complexity index is 3090. The number of nitrogens with zero attached hydrogens (tertiary/aromatic N) is 5. The van der Waals surface area contributed by atoms with Crippen molar-refractivity contribution in [2.45, 2.75) is 102 Å². The number of rotatable bonds is 24. The zero-order valence-electron chi connectivity index (χ0n) is 45.6. The fourth-order valence-electron chi connectivity index (χ4n) is 10.5. The highest BCUT2D eigenvalue weighted by atomic mass is 31.2. The van der Waals surface area contributed by atoms with Crippen LogP contribution in [0.4, 0.5) is 10.7 Å². The zero-order chi connectivity index (χ0) is 54.9. The molecular weight excluding hydrogens is 1010 g/mol. The first kappa shape index (κ1) is 55.8. The largest absolute Gasteiger partial charge is 0.497 e. The van der Waals surface area contributed by atoms with Crippen molar-refractivity contribution in [1.29, 1.82) is 0 Å². The molecule has 7 aromatic rings. The lowest BCUT2D eigenvalue weighted by molar-refractivity contribution is -0.116. The number of fused-ring (bicyclic) bond motifs is 4. The Balaban J connectivity index is 0.942. The number of anilines is 1. The van der Waals surface area contributed by atoms with Crippen LogP contribution >= 0.6 is 8.53 Å². The highest BCUT2D eigenvalue weighted by Gasteiger charge is 2.45. The van der Waals surface area contributed by atoms with Gasteiger partial charge in [0.05, 0.1) is 39.9 Å². The molecule has 0 radical (unpaired) electrons. The van der Waals surface area contributed by atoms with Crippen LogP contribution in [0, 0.1) is 0 Å². The normalized spacial score (nSPS) is 16.6. The Kier molecular flexibility index (Phi) is 18.0. The number of amides is 2. The first-order valence-corrected chi connectivity index (χ1v) is 27.8. The quantitative estimate of drug-likeness (QED) is 0.0431. The Labute approximate surface area is 457 Å². The summed E-state index contributed by atoms with van der Waals surface area (Å²) in [5, 5.41) is 2.76.